The molecule has 2 aliphatic rings. The second-order valence-electron chi connectivity index (χ2n) is 7.77. The summed E-state index contributed by atoms with van der Waals surface area (Å²) in [6, 6.07) is 8.07. The number of hydrogen-bond acceptors (Lipinski definition) is 4. The van der Waals surface area contributed by atoms with Gasteiger partial charge in [-0.1, -0.05) is 12.8 Å². The molecule has 0 bridgehead atoms. The van der Waals surface area contributed by atoms with Crippen LogP contribution in [0.4, 0.5) is 0 Å². The zero-order valence-corrected chi connectivity index (χ0v) is 17.3. The average Bonchev–Trinajstić information content (AvgIpc) is 2.68. The van der Waals surface area contributed by atoms with E-state index in [2.05, 4.69) is 11.8 Å². The van der Waals surface area contributed by atoms with E-state index < -0.39 is 0 Å². The number of carbonyl (C=O) groups is 1. The summed E-state index contributed by atoms with van der Waals surface area (Å²) in [4.78, 5) is 14.7. The van der Waals surface area contributed by atoms with Crippen LogP contribution < -0.4 is 4.74 Å². The van der Waals surface area contributed by atoms with Crippen LogP contribution in [0.15, 0.2) is 24.3 Å². The molecule has 1 aliphatic carbocycles. The molecular weight excluding hydrogens is 362 g/mol. The van der Waals surface area contributed by atoms with Gasteiger partial charge < -0.3 is 14.4 Å². The molecule has 1 aromatic rings. The molecule has 4 nitrogen and oxygen atoms in total. The molecule has 0 unspecified atom stereocenters. The fraction of sp³-hybridized carbons (Fsp3) is 0.682. The van der Waals surface area contributed by atoms with E-state index >= 15 is 0 Å². The molecule has 0 amide bonds. The number of piperidine rings is 1. The lowest BCUT2D eigenvalue weighted by atomic mass is 9.98. The average molecular weight is 396 g/mol. The molecule has 1 saturated heterocycles. The number of rotatable bonds is 7. The summed E-state index contributed by atoms with van der Waals surface area (Å²) in [7, 11) is 0. The van der Waals surface area contributed by atoms with Gasteiger partial charge in [-0.05, 0) is 82.7 Å². The summed E-state index contributed by atoms with van der Waals surface area (Å²) in [6.45, 7) is 4.98. The monoisotopic (exact) mass is 395 g/mol. The fourth-order valence-electron chi connectivity index (χ4n) is 4.05. The molecule has 1 saturated carbocycles. The second kappa shape index (κ2) is 11.6. The maximum Gasteiger partial charge on any atom is 0.338 e. The number of hydrogen-bond donors (Lipinski definition) is 0. The minimum absolute atomic E-state index is 0. The van der Waals surface area contributed by atoms with E-state index in [0.717, 1.165) is 31.6 Å². The molecule has 1 aromatic carbocycles. The van der Waals surface area contributed by atoms with Crippen LogP contribution in [0.2, 0.25) is 0 Å². The van der Waals surface area contributed by atoms with Gasteiger partial charge in [0, 0.05) is 12.6 Å². The van der Waals surface area contributed by atoms with Crippen molar-refractivity contribution in [3.8, 4) is 5.75 Å². The van der Waals surface area contributed by atoms with Crippen LogP contribution in [-0.2, 0) is 4.74 Å². The van der Waals surface area contributed by atoms with Crippen molar-refractivity contribution in [3.63, 3.8) is 0 Å². The maximum atomic E-state index is 12.2. The van der Waals surface area contributed by atoms with Crippen LogP contribution in [0.5, 0.6) is 5.75 Å². The smallest absolute Gasteiger partial charge is 0.338 e. The van der Waals surface area contributed by atoms with Gasteiger partial charge in [0.25, 0.3) is 0 Å². The van der Waals surface area contributed by atoms with Crippen LogP contribution in [0.3, 0.4) is 0 Å². The summed E-state index contributed by atoms with van der Waals surface area (Å²) in [5, 5.41) is 0. The third-order valence-corrected chi connectivity index (χ3v) is 5.71. The summed E-state index contributed by atoms with van der Waals surface area (Å²) >= 11 is 0. The van der Waals surface area contributed by atoms with Gasteiger partial charge in [0.05, 0.1) is 18.3 Å². The number of benzene rings is 1. The van der Waals surface area contributed by atoms with Crippen molar-refractivity contribution in [2.45, 2.75) is 76.9 Å². The minimum atomic E-state index is -0.235. The van der Waals surface area contributed by atoms with Crippen molar-refractivity contribution in [2.75, 3.05) is 19.7 Å². The molecule has 0 radical (unpaired) electrons. The molecule has 1 aliphatic heterocycles. The Hall–Kier alpha value is -1.26. The highest BCUT2D eigenvalue weighted by Crippen LogP contribution is 2.23. The van der Waals surface area contributed by atoms with E-state index in [1.807, 2.05) is 24.3 Å². The lowest BCUT2D eigenvalue weighted by Crippen LogP contribution is -2.38. The van der Waals surface area contributed by atoms with Crippen molar-refractivity contribution in [1.29, 1.82) is 0 Å². The number of halogens is 1. The van der Waals surface area contributed by atoms with Crippen molar-refractivity contribution < 1.29 is 14.3 Å². The lowest BCUT2D eigenvalue weighted by molar-refractivity contribution is 0.0475. The van der Waals surface area contributed by atoms with E-state index in [4.69, 9.17) is 9.47 Å². The highest BCUT2D eigenvalue weighted by atomic mass is 35.5. The summed E-state index contributed by atoms with van der Waals surface area (Å²) in [5.74, 6) is 0.619. The Bertz CT molecular complexity index is 557. The number of carbonyl (C=O) groups excluding carboxylic acids is 1. The van der Waals surface area contributed by atoms with Gasteiger partial charge >= 0.3 is 5.97 Å². The number of esters is 1. The Labute approximate surface area is 170 Å². The molecular formula is C22H34ClNO3. The van der Waals surface area contributed by atoms with E-state index in [9.17, 15) is 4.79 Å². The predicted molar refractivity (Wildman–Crippen MR) is 111 cm³/mol. The van der Waals surface area contributed by atoms with Crippen LogP contribution in [0.1, 0.15) is 75.1 Å². The van der Waals surface area contributed by atoms with Crippen LogP contribution in [0.25, 0.3) is 0 Å². The molecule has 1 atom stereocenters. The number of ether oxygens (including phenoxy) is 2. The molecule has 3 rings (SSSR count). The maximum absolute atomic E-state index is 12.2. The molecule has 2 fully saturated rings. The molecule has 152 valence electrons. The third kappa shape index (κ3) is 7.00. The molecule has 27 heavy (non-hydrogen) atoms. The van der Waals surface area contributed by atoms with Gasteiger partial charge in [-0.3, -0.25) is 0 Å². The van der Waals surface area contributed by atoms with Gasteiger partial charge in [-0.2, -0.15) is 0 Å². The Morgan fingerprint density at radius 3 is 2.44 bits per heavy atom. The van der Waals surface area contributed by atoms with E-state index in [1.54, 1.807) is 0 Å². The molecule has 1 heterocycles. The molecule has 0 spiro atoms. The van der Waals surface area contributed by atoms with Crippen molar-refractivity contribution >= 4 is 18.4 Å². The van der Waals surface area contributed by atoms with Crippen LogP contribution in [-0.4, -0.2) is 42.7 Å². The largest absolute Gasteiger partial charge is 0.490 e. The lowest BCUT2D eigenvalue weighted by Gasteiger charge is -2.33. The first kappa shape index (κ1) is 22.0. The van der Waals surface area contributed by atoms with Crippen LogP contribution in [0, 0.1) is 0 Å². The summed E-state index contributed by atoms with van der Waals surface area (Å²) in [6.07, 6.45) is 11.3. The molecule has 5 heteroatoms. The second-order valence-corrected chi connectivity index (χ2v) is 7.77. The van der Waals surface area contributed by atoms with Gasteiger partial charge in [-0.15, -0.1) is 12.4 Å². The molecule has 0 aromatic heterocycles. The fourth-order valence-corrected chi connectivity index (χ4v) is 4.05. The van der Waals surface area contributed by atoms with Gasteiger partial charge in [0.15, 0.2) is 0 Å². The first-order valence-corrected chi connectivity index (χ1v) is 10.4. The van der Waals surface area contributed by atoms with Gasteiger partial charge in [0.2, 0.25) is 0 Å². The predicted octanol–water partition coefficient (Wildman–Crippen LogP) is 5.24. The van der Waals surface area contributed by atoms with Gasteiger partial charge in [-0.25, -0.2) is 4.79 Å². The Morgan fingerprint density at radius 1 is 1.04 bits per heavy atom. The normalized spacial score (nSPS) is 21.3. The highest BCUT2D eigenvalue weighted by Gasteiger charge is 2.18. The Kier molecular flexibility index (Phi) is 9.43. The first-order chi connectivity index (χ1) is 12.7. The highest BCUT2D eigenvalue weighted by molar-refractivity contribution is 5.89. The zero-order valence-electron chi connectivity index (χ0n) is 16.5. The topological polar surface area (TPSA) is 38.8 Å². The van der Waals surface area contributed by atoms with Crippen molar-refractivity contribution in [3.05, 3.63) is 29.8 Å². The number of nitrogens with zero attached hydrogens (tertiary/aromatic N) is 1. The first-order valence-electron chi connectivity index (χ1n) is 10.4. The van der Waals surface area contributed by atoms with E-state index in [1.165, 1.54) is 45.1 Å². The Morgan fingerprint density at radius 2 is 1.74 bits per heavy atom. The molecule has 0 N–H and O–H groups in total. The summed E-state index contributed by atoms with van der Waals surface area (Å²) < 4.78 is 11.4. The van der Waals surface area contributed by atoms with Crippen LogP contribution >= 0.6 is 12.4 Å². The van der Waals surface area contributed by atoms with Crippen molar-refractivity contribution in [1.82, 2.24) is 4.90 Å². The minimum Gasteiger partial charge on any atom is -0.490 e. The summed E-state index contributed by atoms with van der Waals surface area (Å²) in [5.41, 5.74) is 0.604. The van der Waals surface area contributed by atoms with Crippen molar-refractivity contribution in [2.24, 2.45) is 0 Å². The SMILES string of the molecule is C[C@H]1CCCCN1CCCOC(=O)c1ccc(OC2CCCCC2)cc1.Cl. The number of likely N-dealkylation sites (tertiary alicyclic amines) is 1. The standard InChI is InChI=1S/C22H33NO3.ClH/c1-18-8-5-6-15-23(18)16-7-17-25-22(24)19-11-13-21(14-12-19)26-20-9-3-2-4-10-20;/h11-14,18,20H,2-10,15-17H2,1H3;1H/t18-;/m0./s1. The zero-order chi connectivity index (χ0) is 18.2. The van der Waals surface area contributed by atoms with Gasteiger partial charge in [0.1, 0.15) is 5.75 Å². The Balaban J connectivity index is 0.00000261. The third-order valence-electron chi connectivity index (χ3n) is 5.71. The van der Waals surface area contributed by atoms with E-state index in [-0.39, 0.29) is 18.4 Å². The quantitative estimate of drug-likeness (QED) is 0.467. The van der Waals surface area contributed by atoms with E-state index in [0.29, 0.717) is 24.3 Å².